The lowest BCUT2D eigenvalue weighted by molar-refractivity contribution is -0.264. The summed E-state index contributed by atoms with van der Waals surface area (Å²) in [4.78, 5) is 0. The van der Waals surface area contributed by atoms with Crippen molar-refractivity contribution in [3.05, 3.63) is 155 Å². The van der Waals surface area contributed by atoms with Gasteiger partial charge in [0.2, 0.25) is 0 Å². The van der Waals surface area contributed by atoms with Gasteiger partial charge in [0.15, 0.2) is 8.32 Å². The molecule has 68 heavy (non-hydrogen) atoms. The second kappa shape index (κ2) is 23.0. The summed E-state index contributed by atoms with van der Waals surface area (Å²) in [7, 11) is -2.21. The Morgan fingerprint density at radius 1 is 0.500 bits per heavy atom. The van der Waals surface area contributed by atoms with Crippen LogP contribution >= 0.6 is 0 Å². The van der Waals surface area contributed by atoms with Crippen LogP contribution in [-0.2, 0) is 73.5 Å². The van der Waals surface area contributed by atoms with Crippen LogP contribution in [0.1, 0.15) is 88.0 Å². The minimum Gasteiger partial charge on any atom is -0.492 e. The van der Waals surface area contributed by atoms with Gasteiger partial charge in [0.25, 0.3) is 0 Å². The van der Waals surface area contributed by atoms with Crippen molar-refractivity contribution in [2.24, 2.45) is 0 Å². The van der Waals surface area contributed by atoms with E-state index in [0.717, 1.165) is 66.5 Å². The molecule has 0 amide bonds. The van der Waals surface area contributed by atoms with Crippen molar-refractivity contribution >= 4 is 8.32 Å². The average Bonchev–Trinajstić information content (AvgIpc) is 3.34. The maximum atomic E-state index is 7.30. The third-order valence-corrected chi connectivity index (χ3v) is 19.5. The molecule has 0 N–H and O–H groups in total. The van der Waals surface area contributed by atoms with Crippen molar-refractivity contribution in [2.75, 3.05) is 13.2 Å². The monoisotopic (exact) mass is 947 g/mol. The quantitative estimate of drug-likeness (QED) is 0.0668. The third kappa shape index (κ3) is 13.0. The molecule has 0 spiro atoms. The van der Waals surface area contributed by atoms with Crippen LogP contribution in [0.15, 0.2) is 133 Å². The van der Waals surface area contributed by atoms with Gasteiger partial charge < -0.3 is 47.1 Å². The molecule has 10 nitrogen and oxygen atoms in total. The molecular formula is C57H74O10Si. The van der Waals surface area contributed by atoms with Crippen molar-refractivity contribution in [3.8, 4) is 0 Å². The molecule has 5 heterocycles. The molecule has 4 aromatic rings. The SMILES string of the molecule is CC(C)(C)[Si](C)(C)O[C@H]1C[C@H]2O[C@@H](CCOCc3ccccc3)[C@H](OCc3ccccc3)C[C@@H]2O[C@@H]1CC1=CC[C@@H]2O[C@@H]3C[C@H](OCc4ccccc4)[C@@H](COCc4ccccc4)O[C@H]3C[C@H]2O1. The fourth-order valence-corrected chi connectivity index (χ4v) is 11.5. The van der Waals surface area contributed by atoms with E-state index in [-0.39, 0.29) is 78.3 Å². The van der Waals surface area contributed by atoms with E-state index >= 15 is 0 Å². The molecule has 366 valence electrons. The predicted molar refractivity (Wildman–Crippen MR) is 264 cm³/mol. The lowest BCUT2D eigenvalue weighted by Crippen LogP contribution is -2.59. The average molecular weight is 947 g/mol. The van der Waals surface area contributed by atoms with Gasteiger partial charge in [0.1, 0.15) is 12.2 Å². The number of hydrogen-bond donors (Lipinski definition) is 0. The van der Waals surface area contributed by atoms with Crippen LogP contribution in [0.2, 0.25) is 18.1 Å². The molecule has 0 radical (unpaired) electrons. The molecule has 12 atom stereocenters. The number of benzene rings is 4. The molecule has 0 aliphatic carbocycles. The van der Waals surface area contributed by atoms with E-state index < -0.39 is 8.32 Å². The fourth-order valence-electron chi connectivity index (χ4n) is 10.1. The van der Waals surface area contributed by atoms with Gasteiger partial charge in [0.05, 0.1) is 99.8 Å². The smallest absolute Gasteiger partial charge is 0.192 e. The number of fused-ring (bicyclic) bond motifs is 3. The van der Waals surface area contributed by atoms with Crippen LogP contribution in [0.25, 0.3) is 0 Å². The van der Waals surface area contributed by atoms with Gasteiger partial charge >= 0.3 is 0 Å². The van der Waals surface area contributed by atoms with Crippen molar-refractivity contribution in [1.29, 1.82) is 0 Å². The van der Waals surface area contributed by atoms with Crippen LogP contribution in [0.4, 0.5) is 0 Å². The molecule has 9 rings (SSSR count). The summed E-state index contributed by atoms with van der Waals surface area (Å²) in [6, 6.07) is 41.3. The van der Waals surface area contributed by atoms with Gasteiger partial charge in [-0.1, -0.05) is 142 Å². The molecule has 0 unspecified atom stereocenters. The molecular weight excluding hydrogens is 873 g/mol. The molecule has 4 saturated heterocycles. The Balaban J connectivity index is 0.868. The van der Waals surface area contributed by atoms with E-state index in [9.17, 15) is 0 Å². The third-order valence-electron chi connectivity index (χ3n) is 14.9. The highest BCUT2D eigenvalue weighted by molar-refractivity contribution is 6.74. The van der Waals surface area contributed by atoms with Gasteiger partial charge in [-0.2, -0.15) is 0 Å². The van der Waals surface area contributed by atoms with E-state index in [4.69, 9.17) is 47.1 Å². The number of hydrogen-bond acceptors (Lipinski definition) is 10. The first-order chi connectivity index (χ1) is 33.0. The summed E-state index contributed by atoms with van der Waals surface area (Å²) < 4.78 is 68.0. The first-order valence-corrected chi connectivity index (χ1v) is 28.1. The highest BCUT2D eigenvalue weighted by Gasteiger charge is 2.51. The standard InChI is InChI=1S/C57H74O10Si/c1-57(2,3)68(4,5)67-55-34-54-52(31-47(60-37-42-22-14-8-15-23-42)46(64-54)28-29-58-35-40-18-10-6-11-19-40)65-49(55)30-44-26-27-45-50(62-44)33-53-51(63-45)32-48(61-38-43-24-16-9-17-25-43)56(66-53)39-59-36-41-20-12-7-13-21-41/h6-26,45-56H,27-39H2,1-5H3/t45-,46-,47+,48-,49+,50+,51+,52-,53-,54+,55-,56+/m0/s1. The Hall–Kier alpha value is -3.72. The Bertz CT molecular complexity index is 2150. The van der Waals surface area contributed by atoms with E-state index in [0.29, 0.717) is 46.1 Å². The second-order valence-corrected chi connectivity index (χ2v) is 25.7. The summed E-state index contributed by atoms with van der Waals surface area (Å²) in [6.07, 6.45) is 5.50. The Labute approximate surface area is 406 Å². The van der Waals surface area contributed by atoms with Crippen LogP contribution in [0.5, 0.6) is 0 Å². The van der Waals surface area contributed by atoms with Crippen molar-refractivity contribution in [1.82, 2.24) is 0 Å². The second-order valence-electron chi connectivity index (χ2n) is 21.0. The molecule has 4 aromatic carbocycles. The molecule has 0 aromatic heterocycles. The molecule has 0 saturated carbocycles. The minimum absolute atomic E-state index is 0.0245. The Morgan fingerprint density at radius 2 is 0.971 bits per heavy atom. The van der Waals surface area contributed by atoms with Gasteiger partial charge in [-0.25, -0.2) is 0 Å². The summed E-state index contributed by atoms with van der Waals surface area (Å²) in [5.41, 5.74) is 4.56. The molecule has 11 heteroatoms. The molecule has 4 fully saturated rings. The normalized spacial score (nSPS) is 30.6. The van der Waals surface area contributed by atoms with Crippen LogP contribution in [-0.4, -0.2) is 94.8 Å². The van der Waals surface area contributed by atoms with Crippen LogP contribution in [0.3, 0.4) is 0 Å². The molecule has 0 bridgehead atoms. The van der Waals surface area contributed by atoms with E-state index in [1.54, 1.807) is 0 Å². The lowest BCUT2D eigenvalue weighted by atomic mass is 9.87. The zero-order valence-corrected chi connectivity index (χ0v) is 41.8. The summed E-state index contributed by atoms with van der Waals surface area (Å²) in [5.74, 6) is 0.935. The molecule has 5 aliphatic heterocycles. The summed E-state index contributed by atoms with van der Waals surface area (Å²) in [6.45, 7) is 14.7. The summed E-state index contributed by atoms with van der Waals surface area (Å²) >= 11 is 0. The number of ether oxygens (including phenoxy) is 9. The zero-order valence-electron chi connectivity index (χ0n) is 40.8. The van der Waals surface area contributed by atoms with Gasteiger partial charge in [-0.15, -0.1) is 0 Å². The first-order valence-electron chi connectivity index (χ1n) is 25.2. The van der Waals surface area contributed by atoms with Crippen LogP contribution < -0.4 is 0 Å². The zero-order chi connectivity index (χ0) is 46.9. The lowest BCUT2D eigenvalue weighted by Gasteiger charge is -2.51. The van der Waals surface area contributed by atoms with Crippen LogP contribution in [0, 0.1) is 0 Å². The van der Waals surface area contributed by atoms with Crippen molar-refractivity contribution in [2.45, 2.75) is 184 Å². The van der Waals surface area contributed by atoms with Gasteiger partial charge in [-0.05, 0) is 59.3 Å². The molecule has 5 aliphatic rings. The van der Waals surface area contributed by atoms with Crippen molar-refractivity contribution in [3.63, 3.8) is 0 Å². The van der Waals surface area contributed by atoms with Gasteiger partial charge in [-0.3, -0.25) is 0 Å². The first kappa shape index (κ1) is 49.3. The highest BCUT2D eigenvalue weighted by Crippen LogP contribution is 2.44. The maximum absolute atomic E-state index is 7.30. The summed E-state index contributed by atoms with van der Waals surface area (Å²) in [5, 5.41) is 0.0245. The predicted octanol–water partition coefficient (Wildman–Crippen LogP) is 11.1. The largest absolute Gasteiger partial charge is 0.492 e. The fraction of sp³-hybridized carbons (Fsp3) is 0.544. The Morgan fingerprint density at radius 3 is 1.54 bits per heavy atom. The van der Waals surface area contributed by atoms with E-state index in [1.807, 2.05) is 60.7 Å². The maximum Gasteiger partial charge on any atom is 0.192 e. The van der Waals surface area contributed by atoms with Crippen molar-refractivity contribution < 1.29 is 47.1 Å². The van der Waals surface area contributed by atoms with E-state index in [2.05, 4.69) is 101 Å². The highest BCUT2D eigenvalue weighted by atomic mass is 28.4. The number of rotatable bonds is 19. The van der Waals surface area contributed by atoms with Gasteiger partial charge in [0, 0.05) is 38.7 Å². The minimum atomic E-state index is -2.21. The Kier molecular flexibility index (Phi) is 16.7. The topological polar surface area (TPSA) is 92.3 Å². The van der Waals surface area contributed by atoms with E-state index in [1.165, 1.54) is 0 Å².